The Kier molecular flexibility index (Phi) is 13.4. The second-order valence-electron chi connectivity index (χ2n) is 9.54. The number of carboxylic acids is 2. The van der Waals surface area contributed by atoms with Crippen molar-refractivity contribution in [1.29, 1.82) is 0 Å². The maximum atomic E-state index is 14.9. The predicted octanol–water partition coefficient (Wildman–Crippen LogP) is 0.594. The number of oxime groups is 1. The Labute approximate surface area is 246 Å². The van der Waals surface area contributed by atoms with Gasteiger partial charge in [0.2, 0.25) is 5.43 Å². The zero-order chi connectivity index (χ0) is 32.3. The minimum Gasteiger partial charge on any atom is -0.481 e. The van der Waals surface area contributed by atoms with E-state index >= 15 is 0 Å². The molecule has 1 atom stereocenters. The first-order chi connectivity index (χ1) is 20.2. The second kappa shape index (κ2) is 16.2. The van der Waals surface area contributed by atoms with Gasteiger partial charge in [-0.15, -0.1) is 0 Å². The zero-order valence-electron chi connectivity index (χ0n) is 23.9. The lowest BCUT2D eigenvalue weighted by Gasteiger charge is -2.19. The fraction of sp³-hybridized carbons (Fsp3) is 0.560. The zero-order valence-corrected chi connectivity index (χ0v) is 24.7. The van der Waals surface area contributed by atoms with Gasteiger partial charge in [-0.05, 0) is 18.9 Å². The number of carboxylic acid groups (broad SMARTS) is 2. The molecular formula is C25H36FN5O11S. The molecule has 0 spiro atoms. The van der Waals surface area contributed by atoms with Crippen LogP contribution in [-0.2, 0) is 29.2 Å². The third-order valence-electron chi connectivity index (χ3n) is 5.91. The van der Waals surface area contributed by atoms with Crippen LogP contribution in [0.5, 0.6) is 0 Å². The molecule has 240 valence electrons. The van der Waals surface area contributed by atoms with Crippen LogP contribution >= 0.6 is 0 Å². The number of carbonyl (C=O) groups is 2. The molecule has 0 aromatic carbocycles. The quantitative estimate of drug-likeness (QED) is 0.261. The predicted molar refractivity (Wildman–Crippen MR) is 153 cm³/mol. The largest absolute Gasteiger partial charge is 0.481 e. The van der Waals surface area contributed by atoms with Crippen molar-refractivity contribution >= 4 is 44.6 Å². The van der Waals surface area contributed by atoms with Crippen molar-refractivity contribution in [2.75, 3.05) is 64.3 Å². The summed E-state index contributed by atoms with van der Waals surface area (Å²) >= 11 is 0. The van der Waals surface area contributed by atoms with Crippen molar-refractivity contribution in [3.63, 3.8) is 0 Å². The lowest BCUT2D eigenvalue weighted by atomic mass is 10.1. The van der Waals surface area contributed by atoms with Crippen LogP contribution in [0.4, 0.5) is 10.2 Å². The van der Waals surface area contributed by atoms with Crippen molar-refractivity contribution in [1.82, 2.24) is 9.55 Å². The first kappa shape index (κ1) is 35.5. The molecule has 18 heteroatoms. The fourth-order valence-corrected chi connectivity index (χ4v) is 4.04. The van der Waals surface area contributed by atoms with Crippen LogP contribution in [0.1, 0.15) is 36.2 Å². The summed E-state index contributed by atoms with van der Waals surface area (Å²) in [5, 5.41) is 20.7. The van der Waals surface area contributed by atoms with Crippen LogP contribution in [0.25, 0.3) is 11.0 Å². The molecule has 43 heavy (non-hydrogen) atoms. The molecule has 2 aromatic rings. The molecule has 3 aliphatic rings. The Morgan fingerprint density at radius 1 is 1.21 bits per heavy atom. The van der Waals surface area contributed by atoms with E-state index in [1.807, 2.05) is 0 Å². The Hall–Kier alpha value is -3.71. The van der Waals surface area contributed by atoms with Gasteiger partial charge in [0.15, 0.2) is 11.6 Å². The van der Waals surface area contributed by atoms with Gasteiger partial charge >= 0.3 is 5.97 Å². The molecule has 2 saturated heterocycles. The number of aromatic nitrogens is 2. The maximum Gasteiger partial charge on any atom is 0.341 e. The number of aliphatic carboxylic acids is 1. The van der Waals surface area contributed by atoms with Gasteiger partial charge < -0.3 is 39.7 Å². The van der Waals surface area contributed by atoms with Crippen LogP contribution in [0.3, 0.4) is 0 Å². The number of anilines is 1. The molecule has 16 nitrogen and oxygen atoms in total. The Morgan fingerprint density at radius 3 is 2.16 bits per heavy atom. The van der Waals surface area contributed by atoms with Gasteiger partial charge in [-0.1, -0.05) is 5.16 Å². The van der Waals surface area contributed by atoms with Gasteiger partial charge in [-0.25, -0.2) is 14.2 Å². The van der Waals surface area contributed by atoms with Crippen molar-refractivity contribution in [3.05, 3.63) is 33.9 Å². The summed E-state index contributed by atoms with van der Waals surface area (Å²) in [7, 11) is -2.23. The van der Waals surface area contributed by atoms with Gasteiger partial charge in [0.1, 0.15) is 18.3 Å². The van der Waals surface area contributed by atoms with E-state index in [0.717, 1.165) is 52.3 Å². The summed E-state index contributed by atoms with van der Waals surface area (Å²) in [5.74, 6) is -2.86. The molecule has 1 saturated carbocycles. The number of aromatic carboxylic acids is 1. The van der Waals surface area contributed by atoms with Crippen molar-refractivity contribution in [3.8, 4) is 0 Å². The first-order valence-corrected chi connectivity index (χ1v) is 14.8. The van der Waals surface area contributed by atoms with Crippen LogP contribution < -0.4 is 16.1 Å². The number of rotatable bonds is 5. The summed E-state index contributed by atoms with van der Waals surface area (Å²) < 4.78 is 52.3. The molecule has 0 radical (unpaired) electrons. The number of fused-ring (bicyclic) bond motifs is 1. The number of ether oxygens (including phenoxy) is 2. The van der Waals surface area contributed by atoms with Gasteiger partial charge in [-0.3, -0.25) is 14.1 Å². The summed E-state index contributed by atoms with van der Waals surface area (Å²) in [6.45, 7) is 5.27. The van der Waals surface area contributed by atoms with Crippen molar-refractivity contribution in [2.45, 2.75) is 25.8 Å². The molecule has 1 aliphatic carbocycles. The van der Waals surface area contributed by atoms with E-state index in [1.165, 1.54) is 13.3 Å². The number of hydrogen-bond acceptors (Lipinski definition) is 12. The van der Waals surface area contributed by atoms with E-state index in [2.05, 4.69) is 10.1 Å². The van der Waals surface area contributed by atoms with Gasteiger partial charge in [0.25, 0.3) is 16.1 Å². The van der Waals surface area contributed by atoms with E-state index in [-0.39, 0.29) is 34.4 Å². The number of nitrogens with zero attached hydrogens (tertiary/aromatic N) is 4. The molecule has 1 unspecified atom stereocenters. The second-order valence-corrected chi connectivity index (χ2v) is 11.0. The number of nitrogens with two attached hydrogens (primary N) is 1. The topological polar surface area (TPSA) is 233 Å². The minimum absolute atomic E-state index is 0.0339. The molecule has 0 bridgehead atoms. The molecule has 2 aromatic heterocycles. The molecule has 5 N–H and O–H groups in total. The number of hydrogen-bond donors (Lipinski definition) is 4. The van der Waals surface area contributed by atoms with Gasteiger partial charge in [0.05, 0.1) is 50.3 Å². The van der Waals surface area contributed by atoms with Gasteiger partial charge in [0, 0.05) is 38.2 Å². The highest BCUT2D eigenvalue weighted by Crippen LogP contribution is 2.37. The number of halogens is 1. The SMILES string of the molecule is C1COCCO1.CC(=O)O.CO/N=C1\CN(c2nc3c(cc2F)c(=O)c(C(=O)O)cn3C2CC2)CC1CN.CS(=O)(=O)O. The lowest BCUT2D eigenvalue weighted by molar-refractivity contribution is -0.134. The van der Waals surface area contributed by atoms with Crippen LogP contribution in [0.15, 0.2) is 22.2 Å². The normalized spacial score (nSPS) is 18.9. The number of pyridine rings is 2. The highest BCUT2D eigenvalue weighted by Gasteiger charge is 2.33. The Bertz CT molecular complexity index is 1450. The Morgan fingerprint density at radius 2 is 1.74 bits per heavy atom. The van der Waals surface area contributed by atoms with Crippen molar-refractivity contribution in [2.24, 2.45) is 16.8 Å². The molecule has 3 fully saturated rings. The van der Waals surface area contributed by atoms with E-state index in [1.54, 1.807) is 9.47 Å². The van der Waals surface area contributed by atoms with E-state index in [4.69, 9.17) is 34.5 Å². The highest BCUT2D eigenvalue weighted by atomic mass is 32.2. The maximum absolute atomic E-state index is 14.9. The highest BCUT2D eigenvalue weighted by molar-refractivity contribution is 7.85. The Balaban J connectivity index is 0.000000354. The average Bonchev–Trinajstić information content (AvgIpc) is 3.69. The van der Waals surface area contributed by atoms with Crippen LogP contribution in [0.2, 0.25) is 0 Å². The summed E-state index contributed by atoms with van der Waals surface area (Å²) in [6, 6.07) is 1.14. The standard InChI is InChI=1S/C18H20FN5O4.C4H8O2.C2H4O2.CH4O3S/c1-28-22-14-8-23(6-9(14)5-20)17-13(19)4-11-15(25)12(18(26)27)7-24(10-2-3-10)16(11)21-17;1-2-6-4-3-5-1;1-2(3)4;1-5(2,3)4/h4,7,9-10H,2-3,5-6,8,20H2,1H3,(H,26,27);1-4H2;1H3,(H,3,4);1H3,(H,2,3,4)/b22-14+;;;. The van der Waals surface area contributed by atoms with E-state index in [0.29, 0.717) is 31.6 Å². The lowest BCUT2D eigenvalue weighted by Crippen LogP contribution is -2.26. The van der Waals surface area contributed by atoms with Crippen LogP contribution in [-0.4, -0.2) is 110 Å². The summed E-state index contributed by atoms with van der Waals surface area (Å²) in [5.41, 5.74) is 5.65. The minimum atomic E-state index is -3.67. The smallest absolute Gasteiger partial charge is 0.341 e. The fourth-order valence-electron chi connectivity index (χ4n) is 4.04. The molecular weight excluding hydrogens is 597 g/mol. The van der Waals surface area contributed by atoms with Crippen molar-refractivity contribution < 1.29 is 51.5 Å². The van der Waals surface area contributed by atoms with E-state index in [9.17, 15) is 27.5 Å². The third kappa shape index (κ3) is 11.5. The monoisotopic (exact) mass is 633 g/mol. The molecule has 2 aliphatic heterocycles. The summed E-state index contributed by atoms with van der Waals surface area (Å²) in [4.78, 5) is 43.9. The third-order valence-corrected chi connectivity index (χ3v) is 5.91. The molecule has 5 rings (SSSR count). The van der Waals surface area contributed by atoms with Gasteiger partial charge in [-0.2, -0.15) is 8.42 Å². The average molecular weight is 634 g/mol. The summed E-state index contributed by atoms with van der Waals surface area (Å²) in [6.07, 6.45) is 3.74. The van der Waals surface area contributed by atoms with E-state index < -0.39 is 33.3 Å². The first-order valence-electron chi connectivity index (χ1n) is 13.0. The molecule has 4 heterocycles. The van der Waals surface area contributed by atoms with Crippen LogP contribution in [0, 0.1) is 11.7 Å². The molecule has 0 amide bonds.